The summed E-state index contributed by atoms with van der Waals surface area (Å²) in [6, 6.07) is 5.61. The number of fused-ring (bicyclic) bond motifs is 1. The molecule has 1 aliphatic carbocycles. The van der Waals surface area contributed by atoms with E-state index in [2.05, 4.69) is 4.90 Å². The lowest BCUT2D eigenvalue weighted by molar-refractivity contribution is 0.174. The van der Waals surface area contributed by atoms with Gasteiger partial charge in [0.05, 0.1) is 0 Å². The number of likely N-dealkylation sites (tertiary alicyclic amines) is 1. The van der Waals surface area contributed by atoms with Crippen LogP contribution in [0.25, 0.3) is 0 Å². The first-order chi connectivity index (χ1) is 9.65. The van der Waals surface area contributed by atoms with Gasteiger partial charge in [-0.05, 0) is 49.9 Å². The van der Waals surface area contributed by atoms with E-state index in [0.717, 1.165) is 23.6 Å². The third-order valence-electron chi connectivity index (χ3n) is 4.83. The molecule has 4 heteroatoms. The van der Waals surface area contributed by atoms with Crippen LogP contribution in [0.3, 0.4) is 0 Å². The van der Waals surface area contributed by atoms with Gasteiger partial charge in [-0.25, -0.2) is 4.39 Å². The minimum absolute atomic E-state index is 0.149. The predicted molar refractivity (Wildman–Crippen MR) is 83.1 cm³/mol. The average Bonchev–Trinajstić information content (AvgIpc) is 2.84. The second kappa shape index (κ2) is 5.78. The molecule has 2 aliphatic rings. The van der Waals surface area contributed by atoms with E-state index < -0.39 is 0 Å². The minimum atomic E-state index is -0.149. The van der Waals surface area contributed by atoms with Gasteiger partial charge in [0.1, 0.15) is 10.8 Å². The zero-order valence-electron chi connectivity index (χ0n) is 11.6. The molecular weight excluding hydrogens is 271 g/mol. The normalized spacial score (nSPS) is 26.4. The molecule has 0 aromatic heterocycles. The molecule has 20 heavy (non-hydrogen) atoms. The highest BCUT2D eigenvalue weighted by atomic mass is 32.1. The van der Waals surface area contributed by atoms with E-state index in [4.69, 9.17) is 18.0 Å². The molecule has 1 aromatic rings. The van der Waals surface area contributed by atoms with E-state index in [9.17, 15) is 4.39 Å². The summed E-state index contributed by atoms with van der Waals surface area (Å²) in [6.45, 7) is 1.77. The molecule has 2 atom stereocenters. The molecule has 2 nitrogen and oxygen atoms in total. The van der Waals surface area contributed by atoms with Crippen molar-refractivity contribution < 1.29 is 4.39 Å². The molecule has 3 rings (SSSR count). The number of halogens is 1. The van der Waals surface area contributed by atoms with Gasteiger partial charge in [-0.15, -0.1) is 0 Å². The van der Waals surface area contributed by atoms with Crippen molar-refractivity contribution in [2.75, 3.05) is 6.54 Å². The second-order valence-corrected chi connectivity index (χ2v) is 6.48. The van der Waals surface area contributed by atoms with E-state index in [-0.39, 0.29) is 5.82 Å². The van der Waals surface area contributed by atoms with Gasteiger partial charge >= 0.3 is 0 Å². The van der Waals surface area contributed by atoms with E-state index in [1.807, 2.05) is 6.07 Å². The van der Waals surface area contributed by atoms with Gasteiger partial charge in [-0.3, -0.25) is 4.90 Å². The zero-order chi connectivity index (χ0) is 14.1. The molecule has 108 valence electrons. The van der Waals surface area contributed by atoms with Gasteiger partial charge in [0.25, 0.3) is 0 Å². The first-order valence-corrected chi connectivity index (χ1v) is 7.88. The summed E-state index contributed by atoms with van der Waals surface area (Å²) in [5, 5.41) is 0. The summed E-state index contributed by atoms with van der Waals surface area (Å²) in [5.74, 6) is 0.676. The highest BCUT2D eigenvalue weighted by Crippen LogP contribution is 2.37. The van der Waals surface area contributed by atoms with Crippen molar-refractivity contribution in [2.45, 2.75) is 44.7 Å². The molecule has 2 fully saturated rings. The molecule has 1 aromatic carbocycles. The Morgan fingerprint density at radius 3 is 2.90 bits per heavy atom. The third-order valence-corrected chi connectivity index (χ3v) is 5.06. The Balaban J connectivity index is 1.77. The van der Waals surface area contributed by atoms with E-state index in [0.29, 0.717) is 17.6 Å². The number of nitrogens with two attached hydrogens (primary N) is 1. The topological polar surface area (TPSA) is 29.3 Å². The molecule has 1 saturated carbocycles. The Morgan fingerprint density at radius 1 is 1.30 bits per heavy atom. The second-order valence-electron chi connectivity index (χ2n) is 6.04. The predicted octanol–water partition coefficient (Wildman–Crippen LogP) is 3.22. The molecule has 1 saturated heterocycles. The smallest absolute Gasteiger partial charge is 0.127 e. The molecule has 0 radical (unpaired) electrons. The fourth-order valence-electron chi connectivity index (χ4n) is 3.77. The Bertz CT molecular complexity index is 517. The molecular formula is C16H21FN2S. The van der Waals surface area contributed by atoms with Gasteiger partial charge in [0, 0.05) is 23.7 Å². The summed E-state index contributed by atoms with van der Waals surface area (Å²) in [5.41, 5.74) is 7.13. The minimum Gasteiger partial charge on any atom is -0.389 e. The summed E-state index contributed by atoms with van der Waals surface area (Å²) in [4.78, 5) is 2.79. The Kier molecular flexibility index (Phi) is 4.03. The molecule has 2 unspecified atom stereocenters. The van der Waals surface area contributed by atoms with Crippen LogP contribution in [0.5, 0.6) is 0 Å². The highest BCUT2D eigenvalue weighted by molar-refractivity contribution is 7.80. The van der Waals surface area contributed by atoms with Gasteiger partial charge in [-0.2, -0.15) is 0 Å². The monoisotopic (exact) mass is 292 g/mol. The lowest BCUT2D eigenvalue weighted by Crippen LogP contribution is -2.34. The number of thiocarbonyl (C=S) groups is 1. The van der Waals surface area contributed by atoms with Crippen LogP contribution < -0.4 is 5.73 Å². The van der Waals surface area contributed by atoms with E-state index in [1.54, 1.807) is 6.07 Å². The van der Waals surface area contributed by atoms with Gasteiger partial charge in [0.2, 0.25) is 0 Å². The Hall–Kier alpha value is -1.00. The standard InChI is InChI=1S/C16H21FN2S/c17-14-6-5-12(16(18)20)9-13(14)10-19-8-7-11-3-1-2-4-15(11)19/h5-6,9,11,15H,1-4,7-8,10H2,(H2,18,20). The molecule has 0 spiro atoms. The Labute approximate surface area is 125 Å². The van der Waals surface area contributed by atoms with Crippen LogP contribution in [-0.2, 0) is 6.54 Å². The lowest BCUT2D eigenvalue weighted by atomic mass is 9.85. The van der Waals surface area contributed by atoms with Gasteiger partial charge in [0.15, 0.2) is 0 Å². The Morgan fingerprint density at radius 2 is 2.10 bits per heavy atom. The molecule has 0 amide bonds. The lowest BCUT2D eigenvalue weighted by Gasteiger charge is -2.31. The van der Waals surface area contributed by atoms with Crippen molar-refractivity contribution in [1.29, 1.82) is 0 Å². The zero-order valence-corrected chi connectivity index (χ0v) is 12.5. The van der Waals surface area contributed by atoms with Gasteiger partial charge < -0.3 is 5.73 Å². The highest BCUT2D eigenvalue weighted by Gasteiger charge is 2.35. The number of hydrogen-bond donors (Lipinski definition) is 1. The number of benzene rings is 1. The molecule has 1 aliphatic heterocycles. The maximum absolute atomic E-state index is 14.0. The van der Waals surface area contributed by atoms with Crippen molar-refractivity contribution in [1.82, 2.24) is 4.90 Å². The first kappa shape index (κ1) is 14.0. The van der Waals surface area contributed by atoms with Crippen molar-refractivity contribution >= 4 is 17.2 Å². The van der Waals surface area contributed by atoms with Crippen LogP contribution in [0.1, 0.15) is 43.2 Å². The molecule has 1 heterocycles. The van der Waals surface area contributed by atoms with Gasteiger partial charge in [-0.1, -0.05) is 25.1 Å². The maximum Gasteiger partial charge on any atom is 0.127 e. The third kappa shape index (κ3) is 2.72. The summed E-state index contributed by atoms with van der Waals surface area (Å²) < 4.78 is 14.0. The number of hydrogen-bond acceptors (Lipinski definition) is 2. The van der Waals surface area contributed by atoms with Crippen LogP contribution in [0.2, 0.25) is 0 Å². The van der Waals surface area contributed by atoms with Crippen molar-refractivity contribution in [2.24, 2.45) is 11.7 Å². The van der Waals surface area contributed by atoms with E-state index >= 15 is 0 Å². The summed E-state index contributed by atoms with van der Waals surface area (Å²) in [7, 11) is 0. The van der Waals surface area contributed by atoms with Crippen molar-refractivity contribution in [3.8, 4) is 0 Å². The van der Waals surface area contributed by atoms with Crippen LogP contribution in [-0.4, -0.2) is 22.5 Å². The SMILES string of the molecule is NC(=S)c1ccc(F)c(CN2CCC3CCCCC32)c1. The number of nitrogens with zero attached hydrogens (tertiary/aromatic N) is 1. The fraction of sp³-hybridized carbons (Fsp3) is 0.562. The van der Waals surface area contributed by atoms with Crippen molar-refractivity contribution in [3.05, 3.63) is 35.1 Å². The summed E-state index contributed by atoms with van der Waals surface area (Å²) >= 11 is 4.98. The van der Waals surface area contributed by atoms with Crippen LogP contribution in [0.4, 0.5) is 4.39 Å². The summed E-state index contributed by atoms with van der Waals surface area (Å²) in [6.07, 6.45) is 6.55. The largest absolute Gasteiger partial charge is 0.389 e. The van der Waals surface area contributed by atoms with Crippen LogP contribution in [0, 0.1) is 11.7 Å². The quantitative estimate of drug-likeness (QED) is 0.867. The average molecular weight is 292 g/mol. The van der Waals surface area contributed by atoms with Crippen LogP contribution >= 0.6 is 12.2 Å². The first-order valence-electron chi connectivity index (χ1n) is 7.47. The van der Waals surface area contributed by atoms with Crippen LogP contribution in [0.15, 0.2) is 18.2 Å². The van der Waals surface area contributed by atoms with Crippen molar-refractivity contribution in [3.63, 3.8) is 0 Å². The molecule has 0 bridgehead atoms. The fourth-order valence-corrected chi connectivity index (χ4v) is 3.89. The van der Waals surface area contributed by atoms with E-state index in [1.165, 1.54) is 38.2 Å². The number of rotatable bonds is 3. The maximum atomic E-state index is 14.0. The molecule has 2 N–H and O–H groups in total.